The molecule has 2 aromatic carbocycles. The van der Waals surface area contributed by atoms with Crippen LogP contribution in [0.4, 0.5) is 11.8 Å². The van der Waals surface area contributed by atoms with Crippen LogP contribution in [0.25, 0.3) is 22.4 Å². The molecule has 2 heterocycles. The second-order valence-corrected chi connectivity index (χ2v) is 6.09. The van der Waals surface area contributed by atoms with Crippen LogP contribution in [0, 0.1) is 11.3 Å². The Hall–Kier alpha value is -3.79. The van der Waals surface area contributed by atoms with Crippen LogP contribution in [0.5, 0.6) is 11.5 Å². The predicted molar refractivity (Wildman–Crippen MR) is 102 cm³/mol. The maximum atomic E-state index is 9.34. The standard InChI is InChI=1S/C20H17N5O2/c21-11-15-18(24-20(23)25-19(15)22)13-4-2-12(3-5-13)14-6-7-16-17(10-14)27-9-1-8-26-16/h2-7,10H,1,8-9H2,(H4,22,23,24,25). The van der Waals surface area contributed by atoms with Gasteiger partial charge in [0.05, 0.1) is 18.9 Å². The summed E-state index contributed by atoms with van der Waals surface area (Å²) in [6.45, 7) is 1.30. The van der Waals surface area contributed by atoms with Gasteiger partial charge in [-0.3, -0.25) is 0 Å². The number of ether oxygens (including phenoxy) is 2. The number of anilines is 2. The van der Waals surface area contributed by atoms with Crippen molar-refractivity contribution in [3.63, 3.8) is 0 Å². The van der Waals surface area contributed by atoms with Crippen LogP contribution in [0.15, 0.2) is 42.5 Å². The van der Waals surface area contributed by atoms with Crippen LogP contribution in [-0.2, 0) is 0 Å². The molecular weight excluding hydrogens is 342 g/mol. The number of nitrogens with zero attached hydrogens (tertiary/aromatic N) is 3. The smallest absolute Gasteiger partial charge is 0.222 e. The Morgan fingerprint density at radius 1 is 0.852 bits per heavy atom. The highest BCUT2D eigenvalue weighted by atomic mass is 16.5. The summed E-state index contributed by atoms with van der Waals surface area (Å²) < 4.78 is 11.4. The molecular formula is C20H17N5O2. The maximum Gasteiger partial charge on any atom is 0.222 e. The Morgan fingerprint density at radius 2 is 1.52 bits per heavy atom. The summed E-state index contributed by atoms with van der Waals surface area (Å²) in [6, 6.07) is 15.6. The average molecular weight is 359 g/mol. The molecule has 4 N–H and O–H groups in total. The monoisotopic (exact) mass is 359 g/mol. The zero-order valence-corrected chi connectivity index (χ0v) is 14.5. The third-order valence-corrected chi connectivity index (χ3v) is 4.31. The lowest BCUT2D eigenvalue weighted by Crippen LogP contribution is -2.04. The molecule has 1 aliphatic rings. The molecule has 3 aromatic rings. The van der Waals surface area contributed by atoms with Gasteiger partial charge in [-0.2, -0.15) is 10.2 Å². The van der Waals surface area contributed by atoms with Gasteiger partial charge in [0.15, 0.2) is 11.5 Å². The molecule has 0 radical (unpaired) electrons. The third-order valence-electron chi connectivity index (χ3n) is 4.31. The van der Waals surface area contributed by atoms with Crippen LogP contribution in [0.1, 0.15) is 12.0 Å². The number of nitrogen functional groups attached to an aromatic ring is 2. The van der Waals surface area contributed by atoms with Crippen LogP contribution >= 0.6 is 0 Å². The normalized spacial score (nSPS) is 12.9. The fourth-order valence-electron chi connectivity index (χ4n) is 2.98. The van der Waals surface area contributed by atoms with E-state index in [1.165, 1.54) is 0 Å². The molecule has 0 fully saturated rings. The topological polar surface area (TPSA) is 120 Å². The predicted octanol–water partition coefficient (Wildman–Crippen LogP) is 3.01. The van der Waals surface area contributed by atoms with Gasteiger partial charge in [0, 0.05) is 12.0 Å². The van der Waals surface area contributed by atoms with E-state index < -0.39 is 0 Å². The summed E-state index contributed by atoms with van der Waals surface area (Å²) in [5, 5.41) is 9.34. The molecule has 0 aliphatic carbocycles. The summed E-state index contributed by atoms with van der Waals surface area (Å²) in [7, 11) is 0. The van der Waals surface area contributed by atoms with Crippen LogP contribution in [0.3, 0.4) is 0 Å². The van der Waals surface area contributed by atoms with Crippen molar-refractivity contribution in [1.82, 2.24) is 9.97 Å². The third kappa shape index (κ3) is 3.20. The van der Waals surface area contributed by atoms with Gasteiger partial charge in [-0.15, -0.1) is 0 Å². The molecule has 0 unspecified atom stereocenters. The van der Waals surface area contributed by atoms with Crippen molar-refractivity contribution in [3.05, 3.63) is 48.0 Å². The van der Waals surface area contributed by atoms with Crippen molar-refractivity contribution in [3.8, 4) is 40.0 Å². The minimum absolute atomic E-state index is 0.0356. The number of rotatable bonds is 2. The molecule has 134 valence electrons. The van der Waals surface area contributed by atoms with Crippen LogP contribution in [-0.4, -0.2) is 23.2 Å². The Morgan fingerprint density at radius 3 is 2.26 bits per heavy atom. The van der Waals surface area contributed by atoms with Crippen molar-refractivity contribution < 1.29 is 9.47 Å². The largest absolute Gasteiger partial charge is 0.490 e. The number of fused-ring (bicyclic) bond motifs is 1. The molecule has 0 spiro atoms. The number of aromatic nitrogens is 2. The van der Waals surface area contributed by atoms with E-state index in [0.717, 1.165) is 34.6 Å². The van der Waals surface area contributed by atoms with Gasteiger partial charge in [0.25, 0.3) is 0 Å². The number of hydrogen-bond donors (Lipinski definition) is 2. The van der Waals surface area contributed by atoms with E-state index in [-0.39, 0.29) is 17.3 Å². The highest BCUT2D eigenvalue weighted by Gasteiger charge is 2.14. The second kappa shape index (κ2) is 6.84. The molecule has 7 nitrogen and oxygen atoms in total. The van der Waals surface area contributed by atoms with Crippen molar-refractivity contribution in [2.45, 2.75) is 6.42 Å². The fraction of sp³-hybridized carbons (Fsp3) is 0.150. The van der Waals surface area contributed by atoms with E-state index in [1.54, 1.807) is 0 Å². The van der Waals surface area contributed by atoms with Gasteiger partial charge in [0.2, 0.25) is 5.95 Å². The molecule has 0 saturated heterocycles. The molecule has 1 aliphatic heterocycles. The van der Waals surface area contributed by atoms with E-state index in [1.807, 2.05) is 48.5 Å². The molecule has 0 atom stereocenters. The van der Waals surface area contributed by atoms with Crippen molar-refractivity contribution in [2.75, 3.05) is 24.7 Å². The van der Waals surface area contributed by atoms with Gasteiger partial charge in [-0.05, 0) is 23.3 Å². The molecule has 7 heteroatoms. The Labute approximate surface area is 156 Å². The van der Waals surface area contributed by atoms with E-state index in [2.05, 4.69) is 9.97 Å². The summed E-state index contributed by atoms with van der Waals surface area (Å²) >= 11 is 0. The quantitative estimate of drug-likeness (QED) is 0.721. The lowest BCUT2D eigenvalue weighted by atomic mass is 10.0. The molecule has 4 rings (SSSR count). The van der Waals surface area contributed by atoms with Gasteiger partial charge in [0.1, 0.15) is 17.5 Å². The zero-order chi connectivity index (χ0) is 18.8. The van der Waals surface area contributed by atoms with Crippen molar-refractivity contribution in [2.24, 2.45) is 0 Å². The van der Waals surface area contributed by atoms with E-state index >= 15 is 0 Å². The first kappa shape index (κ1) is 16.7. The van der Waals surface area contributed by atoms with Gasteiger partial charge in [-0.25, -0.2) is 4.98 Å². The van der Waals surface area contributed by atoms with Crippen LogP contribution < -0.4 is 20.9 Å². The molecule has 0 saturated carbocycles. The maximum absolute atomic E-state index is 9.34. The molecule has 0 amide bonds. The summed E-state index contributed by atoms with van der Waals surface area (Å²) in [6.07, 6.45) is 0.866. The summed E-state index contributed by atoms with van der Waals surface area (Å²) in [5.74, 6) is 1.62. The van der Waals surface area contributed by atoms with E-state index in [0.29, 0.717) is 18.9 Å². The average Bonchev–Trinajstić information content (AvgIpc) is 2.92. The van der Waals surface area contributed by atoms with Crippen molar-refractivity contribution in [1.29, 1.82) is 5.26 Å². The van der Waals surface area contributed by atoms with Gasteiger partial charge in [-0.1, -0.05) is 30.3 Å². The first-order valence-corrected chi connectivity index (χ1v) is 8.49. The SMILES string of the molecule is N#Cc1c(N)nc(N)nc1-c1ccc(-c2ccc3c(c2)OCCCO3)cc1. The van der Waals surface area contributed by atoms with E-state index in [9.17, 15) is 5.26 Å². The highest BCUT2D eigenvalue weighted by Crippen LogP contribution is 2.35. The highest BCUT2D eigenvalue weighted by molar-refractivity contribution is 5.76. The van der Waals surface area contributed by atoms with Crippen molar-refractivity contribution >= 4 is 11.8 Å². The Bertz CT molecular complexity index is 1040. The van der Waals surface area contributed by atoms with E-state index in [4.69, 9.17) is 20.9 Å². The number of hydrogen-bond acceptors (Lipinski definition) is 7. The van der Waals surface area contributed by atoms with Crippen LogP contribution in [0.2, 0.25) is 0 Å². The van der Waals surface area contributed by atoms with Gasteiger partial charge >= 0.3 is 0 Å². The first-order chi connectivity index (χ1) is 13.2. The van der Waals surface area contributed by atoms with Gasteiger partial charge < -0.3 is 20.9 Å². The molecule has 27 heavy (non-hydrogen) atoms. The summed E-state index contributed by atoms with van der Waals surface area (Å²) in [5.41, 5.74) is 14.9. The second-order valence-electron chi connectivity index (χ2n) is 6.09. The number of nitriles is 1. The lowest BCUT2D eigenvalue weighted by molar-refractivity contribution is 0.297. The minimum atomic E-state index is 0.0356. The molecule has 0 bridgehead atoms. The minimum Gasteiger partial charge on any atom is -0.490 e. The number of benzene rings is 2. The Kier molecular flexibility index (Phi) is 4.22. The zero-order valence-electron chi connectivity index (χ0n) is 14.5. The Balaban J connectivity index is 1.70. The molecule has 1 aromatic heterocycles. The number of nitrogens with two attached hydrogens (primary N) is 2. The summed E-state index contributed by atoms with van der Waals surface area (Å²) in [4.78, 5) is 8.01. The first-order valence-electron chi connectivity index (χ1n) is 8.49. The fourth-order valence-corrected chi connectivity index (χ4v) is 2.98. The lowest BCUT2D eigenvalue weighted by Gasteiger charge is -2.10.